The van der Waals surface area contributed by atoms with Crippen LogP contribution >= 0.6 is 0 Å². The van der Waals surface area contributed by atoms with E-state index in [1.54, 1.807) is 12.3 Å². The fraction of sp³-hybridized carbons (Fsp3) is 0.450. The van der Waals surface area contributed by atoms with E-state index in [4.69, 9.17) is 0 Å². The lowest BCUT2D eigenvalue weighted by atomic mass is 9.96. The summed E-state index contributed by atoms with van der Waals surface area (Å²) in [5.74, 6) is 0.508. The molecule has 5 nitrogen and oxygen atoms in total. The molecule has 1 amide bonds. The van der Waals surface area contributed by atoms with E-state index in [9.17, 15) is 4.79 Å². The Balaban J connectivity index is 1.68. The number of nitrogens with one attached hydrogen (secondary N) is 1. The van der Waals surface area contributed by atoms with Gasteiger partial charge in [0.2, 0.25) is 5.95 Å². The van der Waals surface area contributed by atoms with Crippen molar-refractivity contribution in [1.29, 1.82) is 0 Å². The molecule has 0 radical (unpaired) electrons. The van der Waals surface area contributed by atoms with Gasteiger partial charge in [0, 0.05) is 25.3 Å². The molecule has 0 bridgehead atoms. The lowest BCUT2D eigenvalue weighted by Gasteiger charge is -2.23. The average Bonchev–Trinajstić information content (AvgIpc) is 2.67. The van der Waals surface area contributed by atoms with Gasteiger partial charge in [0.25, 0.3) is 5.91 Å². The summed E-state index contributed by atoms with van der Waals surface area (Å²) in [6.07, 6.45) is 7.77. The summed E-state index contributed by atoms with van der Waals surface area (Å²) in [5, 5.41) is 3.39. The number of aromatic nitrogens is 2. The van der Waals surface area contributed by atoms with Crippen molar-refractivity contribution in [2.75, 3.05) is 11.9 Å². The Labute approximate surface area is 149 Å². The third-order valence-electron chi connectivity index (χ3n) is 4.70. The van der Waals surface area contributed by atoms with Crippen molar-refractivity contribution in [1.82, 2.24) is 14.9 Å². The molecule has 3 rings (SSSR count). The Morgan fingerprint density at radius 3 is 2.64 bits per heavy atom. The van der Waals surface area contributed by atoms with Crippen LogP contribution in [0.3, 0.4) is 0 Å². The Hall–Kier alpha value is -2.43. The molecule has 1 heterocycles. The van der Waals surface area contributed by atoms with Gasteiger partial charge in [-0.1, -0.05) is 49.6 Å². The first kappa shape index (κ1) is 17.4. The number of anilines is 1. The standard InChI is InChI=1S/C20H26N4O/c1-2-24(15-16-9-5-3-6-10-16)19(25)18-13-14-21-20(23-18)22-17-11-7-4-8-12-17/h3,5-6,9-10,13-14,17H,2,4,7-8,11-12,15H2,1H3,(H,21,22,23). The number of hydrogen-bond acceptors (Lipinski definition) is 4. The van der Waals surface area contributed by atoms with Gasteiger partial charge in [-0.15, -0.1) is 0 Å². The predicted molar refractivity (Wildman–Crippen MR) is 99.4 cm³/mol. The molecule has 5 heteroatoms. The lowest BCUT2D eigenvalue weighted by Crippen LogP contribution is -2.31. The van der Waals surface area contributed by atoms with Gasteiger partial charge in [0.1, 0.15) is 5.69 Å². The van der Waals surface area contributed by atoms with Crippen LogP contribution in [0.25, 0.3) is 0 Å². The molecule has 1 aliphatic carbocycles. The molecule has 132 valence electrons. The van der Waals surface area contributed by atoms with Crippen molar-refractivity contribution in [3.05, 3.63) is 53.9 Å². The zero-order valence-corrected chi connectivity index (χ0v) is 14.8. The monoisotopic (exact) mass is 338 g/mol. The summed E-state index contributed by atoms with van der Waals surface area (Å²) in [5.41, 5.74) is 1.57. The van der Waals surface area contributed by atoms with Crippen LogP contribution in [0, 0.1) is 0 Å². The van der Waals surface area contributed by atoms with Crippen LogP contribution in [0.15, 0.2) is 42.6 Å². The highest BCUT2D eigenvalue weighted by atomic mass is 16.2. The SMILES string of the molecule is CCN(Cc1ccccc1)C(=O)c1ccnc(NC2CCCCC2)n1. The van der Waals surface area contributed by atoms with E-state index in [1.165, 1.54) is 19.3 Å². The molecular formula is C20H26N4O. The molecular weight excluding hydrogens is 312 g/mol. The molecule has 1 aromatic carbocycles. The van der Waals surface area contributed by atoms with Crippen molar-refractivity contribution < 1.29 is 4.79 Å². The normalized spacial score (nSPS) is 14.9. The molecule has 0 spiro atoms. The number of rotatable bonds is 6. The van der Waals surface area contributed by atoms with Gasteiger partial charge < -0.3 is 10.2 Å². The summed E-state index contributed by atoms with van der Waals surface area (Å²) in [6, 6.07) is 12.1. The Bertz CT molecular complexity index is 683. The number of nitrogens with zero attached hydrogens (tertiary/aromatic N) is 3. The minimum atomic E-state index is -0.0551. The molecule has 0 atom stereocenters. The van der Waals surface area contributed by atoms with Crippen molar-refractivity contribution >= 4 is 11.9 Å². The molecule has 25 heavy (non-hydrogen) atoms. The average molecular weight is 338 g/mol. The van der Waals surface area contributed by atoms with E-state index < -0.39 is 0 Å². The molecule has 1 N–H and O–H groups in total. The number of carbonyl (C=O) groups excluding carboxylic acids is 1. The van der Waals surface area contributed by atoms with E-state index in [0.717, 1.165) is 18.4 Å². The molecule has 1 aromatic heterocycles. The molecule has 1 aliphatic rings. The van der Waals surface area contributed by atoms with Gasteiger partial charge in [-0.2, -0.15) is 0 Å². The van der Waals surface area contributed by atoms with E-state index in [-0.39, 0.29) is 5.91 Å². The predicted octanol–water partition coefficient (Wildman–Crippen LogP) is 3.88. The molecule has 0 saturated heterocycles. The first-order chi connectivity index (χ1) is 12.3. The summed E-state index contributed by atoms with van der Waals surface area (Å²) in [4.78, 5) is 23.4. The van der Waals surface area contributed by atoms with Gasteiger partial charge in [0.05, 0.1) is 0 Å². The molecule has 1 fully saturated rings. The van der Waals surface area contributed by atoms with Crippen LogP contribution in [-0.2, 0) is 6.54 Å². The third kappa shape index (κ3) is 4.78. The third-order valence-corrected chi connectivity index (χ3v) is 4.70. The quantitative estimate of drug-likeness (QED) is 0.868. The largest absolute Gasteiger partial charge is 0.351 e. The molecule has 1 saturated carbocycles. The van der Waals surface area contributed by atoms with Gasteiger partial charge in [-0.05, 0) is 31.4 Å². The number of hydrogen-bond donors (Lipinski definition) is 1. The van der Waals surface area contributed by atoms with Crippen molar-refractivity contribution in [2.45, 2.75) is 51.6 Å². The first-order valence-corrected chi connectivity index (χ1v) is 9.19. The van der Waals surface area contributed by atoms with Crippen LogP contribution < -0.4 is 5.32 Å². The summed E-state index contributed by atoms with van der Waals surface area (Å²) in [7, 11) is 0. The van der Waals surface area contributed by atoms with E-state index in [0.29, 0.717) is 30.8 Å². The Kier molecular flexibility index (Phi) is 5.99. The first-order valence-electron chi connectivity index (χ1n) is 9.19. The summed E-state index contributed by atoms with van der Waals surface area (Å²) < 4.78 is 0. The van der Waals surface area contributed by atoms with Crippen LogP contribution in [0.4, 0.5) is 5.95 Å². The molecule has 2 aromatic rings. The Morgan fingerprint density at radius 1 is 1.16 bits per heavy atom. The maximum absolute atomic E-state index is 12.8. The number of amides is 1. The maximum atomic E-state index is 12.8. The maximum Gasteiger partial charge on any atom is 0.272 e. The van der Waals surface area contributed by atoms with Crippen molar-refractivity contribution in [3.63, 3.8) is 0 Å². The highest BCUT2D eigenvalue weighted by Crippen LogP contribution is 2.20. The van der Waals surface area contributed by atoms with Crippen molar-refractivity contribution in [2.24, 2.45) is 0 Å². The minimum Gasteiger partial charge on any atom is -0.351 e. The molecule has 0 unspecified atom stereocenters. The van der Waals surface area contributed by atoms with Gasteiger partial charge in [-0.3, -0.25) is 4.79 Å². The summed E-state index contributed by atoms with van der Waals surface area (Å²) >= 11 is 0. The summed E-state index contributed by atoms with van der Waals surface area (Å²) in [6.45, 7) is 3.22. The fourth-order valence-corrected chi connectivity index (χ4v) is 3.27. The Morgan fingerprint density at radius 2 is 1.92 bits per heavy atom. The van der Waals surface area contributed by atoms with Gasteiger partial charge in [0.15, 0.2) is 0 Å². The zero-order chi connectivity index (χ0) is 17.5. The zero-order valence-electron chi connectivity index (χ0n) is 14.8. The van der Waals surface area contributed by atoms with E-state index >= 15 is 0 Å². The highest BCUT2D eigenvalue weighted by Gasteiger charge is 2.18. The smallest absolute Gasteiger partial charge is 0.272 e. The second-order valence-corrected chi connectivity index (χ2v) is 6.55. The fourth-order valence-electron chi connectivity index (χ4n) is 3.27. The number of benzene rings is 1. The topological polar surface area (TPSA) is 58.1 Å². The van der Waals surface area contributed by atoms with Crippen LogP contribution in [0.5, 0.6) is 0 Å². The van der Waals surface area contributed by atoms with Crippen LogP contribution in [0.2, 0.25) is 0 Å². The van der Waals surface area contributed by atoms with Crippen LogP contribution in [-0.4, -0.2) is 33.4 Å². The van der Waals surface area contributed by atoms with E-state index in [2.05, 4.69) is 15.3 Å². The van der Waals surface area contributed by atoms with Crippen molar-refractivity contribution in [3.8, 4) is 0 Å². The number of carbonyl (C=O) groups is 1. The van der Waals surface area contributed by atoms with Gasteiger partial charge in [-0.25, -0.2) is 9.97 Å². The molecule has 0 aliphatic heterocycles. The second-order valence-electron chi connectivity index (χ2n) is 6.55. The van der Waals surface area contributed by atoms with Crippen LogP contribution in [0.1, 0.15) is 55.1 Å². The minimum absolute atomic E-state index is 0.0551. The second kappa shape index (κ2) is 8.60. The lowest BCUT2D eigenvalue weighted by molar-refractivity contribution is 0.0746. The highest BCUT2D eigenvalue weighted by molar-refractivity contribution is 5.92. The van der Waals surface area contributed by atoms with E-state index in [1.807, 2.05) is 42.2 Å². The van der Waals surface area contributed by atoms with Gasteiger partial charge >= 0.3 is 0 Å².